The van der Waals surface area contributed by atoms with Gasteiger partial charge in [-0.3, -0.25) is 19.2 Å². The maximum atomic E-state index is 14.5. The van der Waals surface area contributed by atoms with Gasteiger partial charge in [-0.1, -0.05) is 38.5 Å². The van der Waals surface area contributed by atoms with Crippen molar-refractivity contribution in [2.45, 2.75) is 109 Å². The quantitative estimate of drug-likeness (QED) is 0.180. The van der Waals surface area contributed by atoms with Crippen LogP contribution in [0.25, 0.3) is 6.08 Å². The summed E-state index contributed by atoms with van der Waals surface area (Å²) in [6, 6.07) is 8.92. The van der Waals surface area contributed by atoms with Gasteiger partial charge in [0.25, 0.3) is 5.56 Å². The lowest BCUT2D eigenvalue weighted by molar-refractivity contribution is -0.140. The molecule has 1 aromatic heterocycles. The molecule has 2 amide bonds. The molecule has 0 aliphatic carbocycles. The number of phenols is 2. The Hall–Kier alpha value is -5.79. The molecule has 0 radical (unpaired) electrons. The number of carbonyl (C=O) groups is 4. The summed E-state index contributed by atoms with van der Waals surface area (Å²) in [5.41, 5.74) is 1.13. The minimum atomic E-state index is -1.12. The van der Waals surface area contributed by atoms with Gasteiger partial charge in [0, 0.05) is 68.1 Å². The average Bonchev–Trinajstić information content (AvgIpc) is 3.23. The standard InChI is InChI=1S/C47H59N3O11/c1-7-27(2)43(46(56)49-24-29-19-32(26-49)35-17-12-18-40(54)50(35)25-29)48-39(53)23-34(31-21-37(58-4)45(60-6)38(22-31)59-5)42-36(52)20-30-14-9-8-10-15-33(51)16-11-13-28(3)61-47(57)41(30)44(42)55/h9,12,14,17-18,20-22,27-29,32,34,43,52,55H,7-8,10-11,13,15-16,19,23-26H2,1-6H3,(H,48,53)/b14-9+/t27?,28-,29+,32-,34?,43?/m0/s1. The van der Waals surface area contributed by atoms with Gasteiger partial charge in [-0.25, -0.2) is 4.79 Å². The Balaban J connectivity index is 1.39. The van der Waals surface area contributed by atoms with Crippen LogP contribution in [0.4, 0.5) is 0 Å². The summed E-state index contributed by atoms with van der Waals surface area (Å²) in [4.78, 5) is 69.8. The van der Waals surface area contributed by atoms with Crippen LogP contribution in [0.5, 0.6) is 28.7 Å². The summed E-state index contributed by atoms with van der Waals surface area (Å²) in [5, 5.41) is 27.1. The molecule has 2 bridgehead atoms. The topological polar surface area (TPSA) is 183 Å². The Morgan fingerprint density at radius 2 is 1.69 bits per heavy atom. The summed E-state index contributed by atoms with van der Waals surface area (Å²) >= 11 is 0. The molecule has 6 rings (SSSR count). The molecule has 0 saturated carbocycles. The summed E-state index contributed by atoms with van der Waals surface area (Å²) < 4.78 is 24.5. The first-order valence-corrected chi connectivity index (χ1v) is 21.3. The first-order chi connectivity index (χ1) is 29.3. The summed E-state index contributed by atoms with van der Waals surface area (Å²) in [5.74, 6) is -2.95. The Labute approximate surface area is 356 Å². The number of hydrogen-bond donors (Lipinski definition) is 3. The van der Waals surface area contributed by atoms with E-state index in [0.717, 1.165) is 12.1 Å². The van der Waals surface area contributed by atoms with Gasteiger partial charge in [-0.2, -0.15) is 0 Å². The first-order valence-electron chi connectivity index (χ1n) is 21.3. The lowest BCUT2D eigenvalue weighted by atomic mass is 9.82. The third-order valence-corrected chi connectivity index (χ3v) is 12.5. The van der Waals surface area contributed by atoms with E-state index in [-0.39, 0.29) is 75.4 Å². The van der Waals surface area contributed by atoms with Crippen LogP contribution < -0.4 is 25.1 Å². The van der Waals surface area contributed by atoms with Crippen LogP contribution in [-0.4, -0.2) is 89.8 Å². The number of phenolic OH excluding ortho intramolecular Hbond substituents is 2. The number of pyridine rings is 1. The van der Waals surface area contributed by atoms with Gasteiger partial charge >= 0.3 is 5.97 Å². The number of esters is 1. The highest BCUT2D eigenvalue weighted by Gasteiger charge is 2.40. The van der Waals surface area contributed by atoms with E-state index in [2.05, 4.69) is 5.32 Å². The molecule has 1 saturated heterocycles. The molecule has 61 heavy (non-hydrogen) atoms. The second kappa shape index (κ2) is 19.7. The Kier molecular flexibility index (Phi) is 14.5. The molecule has 3 aliphatic rings. The zero-order chi connectivity index (χ0) is 44.0. The number of aromatic hydroxyl groups is 2. The van der Waals surface area contributed by atoms with E-state index in [4.69, 9.17) is 18.9 Å². The van der Waals surface area contributed by atoms with Crippen LogP contribution >= 0.6 is 0 Å². The van der Waals surface area contributed by atoms with E-state index < -0.39 is 41.4 Å². The molecule has 1 fully saturated rings. The summed E-state index contributed by atoms with van der Waals surface area (Å²) in [6.45, 7) is 6.95. The second-order valence-electron chi connectivity index (χ2n) is 16.7. The molecule has 3 aliphatic heterocycles. The van der Waals surface area contributed by atoms with E-state index >= 15 is 0 Å². The average molecular weight is 842 g/mol. The molecule has 3 aromatic rings. The highest BCUT2D eigenvalue weighted by molar-refractivity contribution is 5.98. The number of amides is 2. The molecule has 6 atom stereocenters. The molecule has 2 aromatic carbocycles. The van der Waals surface area contributed by atoms with Crippen LogP contribution in [-0.2, 0) is 25.7 Å². The van der Waals surface area contributed by atoms with Crippen molar-refractivity contribution >= 4 is 29.6 Å². The van der Waals surface area contributed by atoms with Gasteiger partial charge in [-0.15, -0.1) is 0 Å². The molecule has 3 N–H and O–H groups in total. The van der Waals surface area contributed by atoms with E-state index in [0.29, 0.717) is 70.1 Å². The third-order valence-electron chi connectivity index (χ3n) is 12.5. The number of piperidine rings is 1. The number of nitrogens with one attached hydrogen (secondary N) is 1. The lowest BCUT2D eigenvalue weighted by Gasteiger charge is -2.44. The van der Waals surface area contributed by atoms with E-state index in [1.807, 2.05) is 19.9 Å². The predicted octanol–water partition coefficient (Wildman–Crippen LogP) is 6.47. The van der Waals surface area contributed by atoms with Gasteiger partial charge in [-0.05, 0) is 86.3 Å². The van der Waals surface area contributed by atoms with Crippen LogP contribution in [0.1, 0.15) is 123 Å². The molecule has 0 spiro atoms. The van der Waals surface area contributed by atoms with Gasteiger partial charge in [0.05, 0.1) is 27.4 Å². The van der Waals surface area contributed by atoms with Gasteiger partial charge in [0.1, 0.15) is 28.9 Å². The number of cyclic esters (lactones) is 1. The molecule has 14 nitrogen and oxygen atoms in total. The number of nitrogens with zero attached hydrogens (tertiary/aromatic N) is 2. The molecule has 328 valence electrons. The molecule has 14 heteroatoms. The lowest BCUT2D eigenvalue weighted by Crippen LogP contribution is -2.56. The Morgan fingerprint density at radius 1 is 0.967 bits per heavy atom. The fraction of sp³-hybridized carbons (Fsp3) is 0.511. The van der Waals surface area contributed by atoms with Crippen molar-refractivity contribution in [2.75, 3.05) is 34.4 Å². The minimum Gasteiger partial charge on any atom is -0.507 e. The number of fused-ring (bicyclic) bond motifs is 5. The Bertz CT molecular complexity index is 2190. The molecular formula is C47H59N3O11. The number of aromatic nitrogens is 1. The van der Waals surface area contributed by atoms with E-state index in [1.165, 1.54) is 27.4 Å². The second-order valence-corrected chi connectivity index (χ2v) is 16.7. The predicted molar refractivity (Wildman–Crippen MR) is 228 cm³/mol. The van der Waals surface area contributed by atoms with Crippen molar-refractivity contribution in [3.63, 3.8) is 0 Å². The monoisotopic (exact) mass is 841 g/mol. The smallest absolute Gasteiger partial charge is 0.342 e. The van der Waals surface area contributed by atoms with Crippen molar-refractivity contribution in [1.82, 2.24) is 14.8 Å². The number of carbonyl (C=O) groups excluding carboxylic acids is 4. The van der Waals surface area contributed by atoms with E-state index in [9.17, 15) is 34.2 Å². The highest BCUT2D eigenvalue weighted by Crippen LogP contribution is 2.48. The minimum absolute atomic E-state index is 0.0170. The van der Waals surface area contributed by atoms with Crippen LogP contribution in [0.2, 0.25) is 0 Å². The fourth-order valence-corrected chi connectivity index (χ4v) is 9.08. The molecule has 3 unspecified atom stereocenters. The summed E-state index contributed by atoms with van der Waals surface area (Å²) in [6.07, 6.45) is 6.76. The molecular weight excluding hydrogens is 783 g/mol. The number of ketones is 1. The van der Waals surface area contributed by atoms with Crippen LogP contribution in [0, 0.1) is 11.8 Å². The SMILES string of the molecule is CCC(C)C(NC(=O)CC(c1cc(OC)c(OC)c(OC)c1)c1c(O)cc2c(c1O)C(=O)O[C@@H](C)CCCC(=O)CCC/C=C/2)C(=O)N1C[C@H]2C[C@@H](C1)c1cccc(=O)n1C2. The normalized spacial score (nSPS) is 21.3. The number of methoxy groups -OCH3 is 3. The van der Waals surface area contributed by atoms with Crippen molar-refractivity contribution in [3.8, 4) is 28.7 Å². The van der Waals surface area contributed by atoms with Gasteiger partial charge in [0.2, 0.25) is 17.6 Å². The summed E-state index contributed by atoms with van der Waals surface area (Å²) in [7, 11) is 4.34. The maximum absolute atomic E-state index is 14.5. The zero-order valence-corrected chi connectivity index (χ0v) is 36.0. The third kappa shape index (κ3) is 9.89. The highest BCUT2D eigenvalue weighted by atomic mass is 16.5. The number of hydrogen-bond acceptors (Lipinski definition) is 11. The largest absolute Gasteiger partial charge is 0.507 e. The van der Waals surface area contributed by atoms with Crippen molar-refractivity contribution in [3.05, 3.63) is 80.8 Å². The van der Waals surface area contributed by atoms with Crippen molar-refractivity contribution in [2.24, 2.45) is 11.8 Å². The number of rotatable bonds is 11. The van der Waals surface area contributed by atoms with E-state index in [1.54, 1.807) is 52.8 Å². The van der Waals surface area contributed by atoms with Crippen molar-refractivity contribution in [1.29, 1.82) is 0 Å². The number of benzene rings is 2. The number of likely N-dealkylation sites (tertiary alicyclic amines) is 1. The van der Waals surface area contributed by atoms with Crippen molar-refractivity contribution < 1.29 is 48.3 Å². The molecule has 4 heterocycles. The zero-order valence-electron chi connectivity index (χ0n) is 36.0. The fourth-order valence-electron chi connectivity index (χ4n) is 9.08. The van der Waals surface area contributed by atoms with Crippen LogP contribution in [0.15, 0.2) is 47.3 Å². The first kappa shape index (κ1) is 44.8. The Morgan fingerprint density at radius 3 is 2.38 bits per heavy atom. The maximum Gasteiger partial charge on any atom is 0.342 e. The number of ether oxygens (including phenoxy) is 4. The van der Waals surface area contributed by atoms with Crippen LogP contribution in [0.3, 0.4) is 0 Å². The number of Topliss-reactive ketones (excluding diaryl/α,β-unsaturated/α-hetero) is 1. The van der Waals surface area contributed by atoms with Gasteiger partial charge < -0.3 is 43.9 Å². The number of allylic oxidation sites excluding steroid dienone is 1. The van der Waals surface area contributed by atoms with Gasteiger partial charge in [0.15, 0.2) is 11.5 Å².